The zero-order valence-corrected chi connectivity index (χ0v) is 13.2. The Hall–Kier alpha value is -0.580. The summed E-state index contributed by atoms with van der Waals surface area (Å²) in [6, 6.07) is 7.89. The number of rotatable bonds is 10. The van der Waals surface area contributed by atoms with Crippen LogP contribution in [0.2, 0.25) is 0 Å². The average Bonchev–Trinajstić information content (AvgIpc) is 2.42. The van der Waals surface area contributed by atoms with Crippen molar-refractivity contribution in [3.63, 3.8) is 0 Å². The quantitative estimate of drug-likeness (QED) is 0.641. The number of hydrogen-bond acceptors (Lipinski definition) is 3. The van der Waals surface area contributed by atoms with Crippen molar-refractivity contribution in [1.82, 2.24) is 0 Å². The van der Waals surface area contributed by atoms with E-state index in [0.717, 1.165) is 23.2 Å². The number of hydrogen-bond donors (Lipinski definition) is 2. The number of unbranched alkanes of at least 4 members (excludes halogenated alkanes) is 3. The molecule has 0 spiro atoms. The minimum absolute atomic E-state index is 0.398. The van der Waals surface area contributed by atoms with Crippen LogP contribution in [0.25, 0.3) is 0 Å². The largest absolute Gasteiger partial charge is 0.389 e. The van der Waals surface area contributed by atoms with Crippen molar-refractivity contribution >= 4 is 21.6 Å². The summed E-state index contributed by atoms with van der Waals surface area (Å²) in [7, 11) is 0. The van der Waals surface area contributed by atoms with Gasteiger partial charge in [-0.1, -0.05) is 42.1 Å². The molecular formula is C15H24BrNO2. The molecule has 4 heteroatoms. The SMILES string of the molecule is CCCCCCOCC(O)CNc1ccc(Br)cc1. The molecule has 0 saturated heterocycles. The van der Waals surface area contributed by atoms with Gasteiger partial charge in [0.1, 0.15) is 0 Å². The monoisotopic (exact) mass is 329 g/mol. The number of nitrogens with one attached hydrogen (secondary N) is 1. The zero-order valence-electron chi connectivity index (χ0n) is 11.6. The molecule has 0 amide bonds. The Kier molecular flexibility index (Phi) is 8.88. The summed E-state index contributed by atoms with van der Waals surface area (Å²) in [5, 5.41) is 13.0. The van der Waals surface area contributed by atoms with Gasteiger partial charge in [-0.05, 0) is 30.7 Å². The molecule has 1 unspecified atom stereocenters. The van der Waals surface area contributed by atoms with Gasteiger partial charge in [0, 0.05) is 23.3 Å². The fourth-order valence-corrected chi connectivity index (χ4v) is 1.98. The highest BCUT2D eigenvalue weighted by atomic mass is 79.9. The van der Waals surface area contributed by atoms with Crippen LogP contribution in [-0.2, 0) is 4.74 Å². The molecule has 0 radical (unpaired) electrons. The number of aliphatic hydroxyl groups is 1. The van der Waals surface area contributed by atoms with E-state index in [1.807, 2.05) is 24.3 Å². The molecule has 1 aromatic carbocycles. The number of ether oxygens (including phenoxy) is 1. The van der Waals surface area contributed by atoms with Crippen LogP contribution < -0.4 is 5.32 Å². The first-order valence-electron chi connectivity index (χ1n) is 6.97. The first-order valence-corrected chi connectivity index (χ1v) is 7.77. The van der Waals surface area contributed by atoms with Gasteiger partial charge in [-0.15, -0.1) is 0 Å². The first-order chi connectivity index (χ1) is 9.22. The molecular weight excluding hydrogens is 306 g/mol. The van der Waals surface area contributed by atoms with E-state index in [-0.39, 0.29) is 0 Å². The normalized spacial score (nSPS) is 12.4. The maximum atomic E-state index is 9.77. The Labute approximate surface area is 124 Å². The van der Waals surface area contributed by atoms with Crippen molar-refractivity contribution in [1.29, 1.82) is 0 Å². The first kappa shape index (κ1) is 16.5. The van der Waals surface area contributed by atoms with E-state index in [1.165, 1.54) is 19.3 Å². The van der Waals surface area contributed by atoms with Crippen molar-refractivity contribution in [3.8, 4) is 0 Å². The van der Waals surface area contributed by atoms with Gasteiger partial charge >= 0.3 is 0 Å². The average molecular weight is 330 g/mol. The Morgan fingerprint density at radius 3 is 2.63 bits per heavy atom. The van der Waals surface area contributed by atoms with Crippen molar-refractivity contribution in [3.05, 3.63) is 28.7 Å². The van der Waals surface area contributed by atoms with Crippen LogP contribution >= 0.6 is 15.9 Å². The lowest BCUT2D eigenvalue weighted by Gasteiger charge is -2.13. The molecule has 0 bridgehead atoms. The van der Waals surface area contributed by atoms with Crippen molar-refractivity contribution in [2.45, 2.75) is 38.7 Å². The minimum Gasteiger partial charge on any atom is -0.389 e. The lowest BCUT2D eigenvalue weighted by atomic mass is 10.2. The van der Waals surface area contributed by atoms with Gasteiger partial charge in [0.25, 0.3) is 0 Å². The lowest BCUT2D eigenvalue weighted by Crippen LogP contribution is -2.25. The van der Waals surface area contributed by atoms with Crippen LogP contribution in [0.3, 0.4) is 0 Å². The second-order valence-corrected chi connectivity index (χ2v) is 5.59. The summed E-state index contributed by atoms with van der Waals surface area (Å²) in [5.41, 5.74) is 1.00. The summed E-state index contributed by atoms with van der Waals surface area (Å²) in [4.78, 5) is 0. The van der Waals surface area contributed by atoms with Gasteiger partial charge < -0.3 is 15.2 Å². The molecule has 1 atom stereocenters. The highest BCUT2D eigenvalue weighted by Crippen LogP contribution is 2.13. The Balaban J connectivity index is 2.04. The molecule has 19 heavy (non-hydrogen) atoms. The van der Waals surface area contributed by atoms with Crippen LogP contribution in [0.15, 0.2) is 28.7 Å². The number of aliphatic hydroxyl groups excluding tert-OH is 1. The summed E-state index contributed by atoms with van der Waals surface area (Å²) in [6.45, 7) is 3.85. The molecule has 108 valence electrons. The molecule has 0 aromatic heterocycles. The highest BCUT2D eigenvalue weighted by molar-refractivity contribution is 9.10. The van der Waals surface area contributed by atoms with Gasteiger partial charge in [-0.3, -0.25) is 0 Å². The second kappa shape index (κ2) is 10.2. The van der Waals surface area contributed by atoms with Crippen LogP contribution in [-0.4, -0.2) is 31.0 Å². The third-order valence-corrected chi connectivity index (χ3v) is 3.37. The summed E-state index contributed by atoms with van der Waals surface area (Å²) >= 11 is 3.39. The molecule has 0 aliphatic rings. The molecule has 3 nitrogen and oxygen atoms in total. The van der Waals surface area contributed by atoms with Crippen LogP contribution in [0.1, 0.15) is 32.6 Å². The summed E-state index contributed by atoms with van der Waals surface area (Å²) < 4.78 is 6.50. The number of anilines is 1. The minimum atomic E-state index is -0.463. The maximum absolute atomic E-state index is 9.77. The van der Waals surface area contributed by atoms with Crippen LogP contribution in [0.4, 0.5) is 5.69 Å². The smallest absolute Gasteiger partial charge is 0.0945 e. The maximum Gasteiger partial charge on any atom is 0.0945 e. The molecule has 0 aliphatic carbocycles. The van der Waals surface area contributed by atoms with E-state index in [9.17, 15) is 5.11 Å². The summed E-state index contributed by atoms with van der Waals surface area (Å²) in [5.74, 6) is 0. The van der Waals surface area contributed by atoms with Gasteiger partial charge in [0.05, 0.1) is 12.7 Å². The number of benzene rings is 1. The van der Waals surface area contributed by atoms with E-state index in [2.05, 4.69) is 28.2 Å². The van der Waals surface area contributed by atoms with Crippen molar-refractivity contribution < 1.29 is 9.84 Å². The van der Waals surface area contributed by atoms with E-state index < -0.39 is 6.10 Å². The molecule has 1 rings (SSSR count). The molecule has 0 heterocycles. The van der Waals surface area contributed by atoms with Gasteiger partial charge in [-0.25, -0.2) is 0 Å². The predicted molar refractivity (Wildman–Crippen MR) is 83.6 cm³/mol. The Morgan fingerprint density at radius 1 is 1.21 bits per heavy atom. The second-order valence-electron chi connectivity index (χ2n) is 4.68. The van der Waals surface area contributed by atoms with Gasteiger partial charge in [-0.2, -0.15) is 0 Å². The fourth-order valence-electron chi connectivity index (χ4n) is 1.71. The molecule has 0 saturated carbocycles. The standard InChI is InChI=1S/C15H24BrNO2/c1-2-3-4-5-10-19-12-15(18)11-17-14-8-6-13(16)7-9-14/h6-9,15,17-18H,2-5,10-12H2,1H3. The van der Waals surface area contributed by atoms with Gasteiger partial charge in [0.2, 0.25) is 0 Å². The molecule has 1 aromatic rings. The van der Waals surface area contributed by atoms with Gasteiger partial charge in [0.15, 0.2) is 0 Å². The number of halogens is 1. The zero-order chi connectivity index (χ0) is 13.9. The third kappa shape index (κ3) is 8.24. The lowest BCUT2D eigenvalue weighted by molar-refractivity contribution is 0.0417. The molecule has 2 N–H and O–H groups in total. The van der Waals surface area contributed by atoms with Crippen molar-refractivity contribution in [2.24, 2.45) is 0 Å². The molecule has 0 aliphatic heterocycles. The van der Waals surface area contributed by atoms with Crippen LogP contribution in [0, 0.1) is 0 Å². The van der Waals surface area contributed by atoms with E-state index in [1.54, 1.807) is 0 Å². The van der Waals surface area contributed by atoms with Crippen LogP contribution in [0.5, 0.6) is 0 Å². The van der Waals surface area contributed by atoms with E-state index in [0.29, 0.717) is 13.2 Å². The highest BCUT2D eigenvalue weighted by Gasteiger charge is 2.03. The topological polar surface area (TPSA) is 41.5 Å². The summed E-state index contributed by atoms with van der Waals surface area (Å²) in [6.07, 6.45) is 4.33. The van der Waals surface area contributed by atoms with E-state index >= 15 is 0 Å². The van der Waals surface area contributed by atoms with E-state index in [4.69, 9.17) is 4.74 Å². The van der Waals surface area contributed by atoms with Crippen molar-refractivity contribution in [2.75, 3.05) is 25.1 Å². The fraction of sp³-hybridized carbons (Fsp3) is 0.600. The molecule has 0 fully saturated rings. The third-order valence-electron chi connectivity index (χ3n) is 2.84. The Bertz CT molecular complexity index is 329. The Morgan fingerprint density at radius 2 is 1.95 bits per heavy atom. The predicted octanol–water partition coefficient (Wildman–Crippen LogP) is 3.82.